The van der Waals surface area contributed by atoms with Crippen molar-refractivity contribution in [1.29, 1.82) is 0 Å². The second-order valence-corrected chi connectivity index (χ2v) is 7.74. The number of carbonyl (C=O) groups is 1. The Hall–Kier alpha value is -2.05. The molecule has 3 heterocycles. The molecule has 0 aliphatic carbocycles. The lowest BCUT2D eigenvalue weighted by Crippen LogP contribution is -2.56. The summed E-state index contributed by atoms with van der Waals surface area (Å²) < 4.78 is 14.6. The minimum atomic E-state index is -0.372. The summed E-state index contributed by atoms with van der Waals surface area (Å²) in [6.07, 6.45) is 4.89. The van der Waals surface area contributed by atoms with E-state index in [1.165, 1.54) is 6.07 Å². The van der Waals surface area contributed by atoms with Gasteiger partial charge in [0.15, 0.2) is 0 Å². The summed E-state index contributed by atoms with van der Waals surface area (Å²) >= 11 is 6.21. The Morgan fingerprint density at radius 2 is 2.15 bits per heavy atom. The van der Waals surface area contributed by atoms with Gasteiger partial charge >= 0.3 is 6.03 Å². The van der Waals surface area contributed by atoms with E-state index in [1.54, 1.807) is 11.0 Å². The van der Waals surface area contributed by atoms with E-state index in [9.17, 15) is 9.18 Å². The Kier molecular flexibility index (Phi) is 5.10. The van der Waals surface area contributed by atoms with E-state index in [0.717, 1.165) is 49.2 Å². The number of carbonyl (C=O) groups excluding carboxylic acids is 1. The van der Waals surface area contributed by atoms with Crippen molar-refractivity contribution in [3.05, 3.63) is 52.1 Å². The number of nitrogens with one attached hydrogen (secondary N) is 2. The Balaban J connectivity index is 1.78. The van der Waals surface area contributed by atoms with Gasteiger partial charge in [-0.15, -0.1) is 0 Å². The average Bonchev–Trinajstić information content (AvgIpc) is 2.91. The molecule has 1 atom stereocenters. The first-order valence-corrected chi connectivity index (χ1v) is 9.83. The van der Waals surface area contributed by atoms with Gasteiger partial charge in [-0.05, 0) is 49.6 Å². The number of benzene rings is 1. The van der Waals surface area contributed by atoms with Crippen LogP contribution in [0, 0.1) is 12.7 Å². The molecule has 144 valence electrons. The first-order valence-electron chi connectivity index (χ1n) is 9.46. The van der Waals surface area contributed by atoms with E-state index in [-0.39, 0.29) is 17.9 Å². The lowest BCUT2D eigenvalue weighted by atomic mass is 10.0. The normalized spacial score (nSPS) is 23.6. The van der Waals surface area contributed by atoms with Gasteiger partial charge in [0.2, 0.25) is 0 Å². The van der Waals surface area contributed by atoms with Gasteiger partial charge < -0.3 is 10.6 Å². The molecule has 0 bridgehead atoms. The molecule has 2 N–H and O–H groups in total. The van der Waals surface area contributed by atoms with Crippen molar-refractivity contribution in [2.45, 2.75) is 32.2 Å². The molecule has 0 unspecified atom stereocenters. The Labute approximate surface area is 163 Å². The first kappa shape index (κ1) is 18.3. The van der Waals surface area contributed by atoms with Gasteiger partial charge in [0.25, 0.3) is 0 Å². The molecule has 3 aliphatic rings. The van der Waals surface area contributed by atoms with E-state index in [1.807, 2.05) is 24.0 Å². The zero-order valence-corrected chi connectivity index (χ0v) is 16.2. The molecule has 1 fully saturated rings. The largest absolute Gasteiger partial charge is 0.372 e. The number of anilines is 1. The predicted octanol–water partition coefficient (Wildman–Crippen LogP) is 3.46. The van der Waals surface area contributed by atoms with Gasteiger partial charge in [-0.2, -0.15) is 0 Å². The lowest BCUT2D eigenvalue weighted by molar-refractivity contribution is 0.194. The van der Waals surface area contributed by atoms with E-state index < -0.39 is 0 Å². The van der Waals surface area contributed by atoms with Crippen LogP contribution in [0.4, 0.5) is 14.9 Å². The number of amides is 2. The molecule has 2 amide bonds. The van der Waals surface area contributed by atoms with Gasteiger partial charge in [-0.1, -0.05) is 30.2 Å². The summed E-state index contributed by atoms with van der Waals surface area (Å²) in [7, 11) is 0. The molecule has 0 saturated carbocycles. The highest BCUT2D eigenvalue weighted by atomic mass is 35.5. The Bertz CT molecular complexity index is 794. The zero-order valence-electron chi connectivity index (χ0n) is 15.4. The molecule has 27 heavy (non-hydrogen) atoms. The number of halogens is 2. The number of urea groups is 1. The summed E-state index contributed by atoms with van der Waals surface area (Å²) in [5.74, 6) is -0.372. The minimum Gasteiger partial charge on any atom is -0.372 e. The molecule has 3 aliphatic heterocycles. The van der Waals surface area contributed by atoms with Crippen LogP contribution in [-0.4, -0.2) is 43.2 Å². The second kappa shape index (κ2) is 7.52. The van der Waals surface area contributed by atoms with E-state index in [0.29, 0.717) is 23.9 Å². The molecule has 1 aromatic carbocycles. The number of nitrogens with zero attached hydrogens (tertiary/aromatic N) is 2. The van der Waals surface area contributed by atoms with Gasteiger partial charge in [-0.3, -0.25) is 9.80 Å². The van der Waals surface area contributed by atoms with Crippen LogP contribution in [0.3, 0.4) is 0 Å². The highest BCUT2D eigenvalue weighted by Gasteiger charge is 2.39. The van der Waals surface area contributed by atoms with Crippen molar-refractivity contribution < 1.29 is 9.18 Å². The molecule has 0 radical (unpaired) electrons. The van der Waals surface area contributed by atoms with Gasteiger partial charge in [-0.25, -0.2) is 9.18 Å². The van der Waals surface area contributed by atoms with Crippen LogP contribution < -0.4 is 15.5 Å². The maximum atomic E-state index is 14.6. The summed E-state index contributed by atoms with van der Waals surface area (Å²) in [5.41, 5.74) is 3.03. The van der Waals surface area contributed by atoms with Crippen molar-refractivity contribution in [2.75, 3.05) is 31.1 Å². The molecule has 1 saturated heterocycles. The standard InChI is InChI=1S/C20H24ClFN4O/c1-13-5-4-7-16(22)19(13)25-12-14-10-24-18(21)9-17(14)26(20(25)27)15-6-2-3-8-23-11-15/h4-5,7,9,15,23-24H,2-3,6,8,10-12H2,1H3/t15-/m1/s1. The number of allylic oxidation sites excluding steroid dienone is 1. The van der Waals surface area contributed by atoms with Crippen LogP contribution in [0.5, 0.6) is 0 Å². The molecule has 5 nitrogen and oxygen atoms in total. The third-order valence-corrected chi connectivity index (χ3v) is 5.73. The number of hydrogen-bond donors (Lipinski definition) is 2. The molecular weight excluding hydrogens is 367 g/mol. The number of dihydropyridines is 1. The molecular formula is C20H24ClFN4O. The highest BCUT2D eigenvalue weighted by molar-refractivity contribution is 6.29. The average molecular weight is 391 g/mol. The topological polar surface area (TPSA) is 47.6 Å². The van der Waals surface area contributed by atoms with Gasteiger partial charge in [0.1, 0.15) is 11.0 Å². The maximum Gasteiger partial charge on any atom is 0.329 e. The summed E-state index contributed by atoms with van der Waals surface area (Å²) in [6.45, 7) is 4.44. The van der Waals surface area contributed by atoms with Crippen LogP contribution >= 0.6 is 11.6 Å². The Morgan fingerprint density at radius 3 is 2.96 bits per heavy atom. The number of aryl methyl sites for hydroxylation is 1. The van der Waals surface area contributed by atoms with E-state index in [2.05, 4.69) is 10.6 Å². The van der Waals surface area contributed by atoms with Crippen molar-refractivity contribution in [2.24, 2.45) is 0 Å². The monoisotopic (exact) mass is 390 g/mol. The summed E-state index contributed by atoms with van der Waals surface area (Å²) in [5, 5.41) is 7.08. The maximum absolute atomic E-state index is 14.6. The SMILES string of the molecule is Cc1cccc(F)c1N1CC2=C(C=C(Cl)NC2)N([C@@H]2CCCCNC2)C1=O. The van der Waals surface area contributed by atoms with Crippen LogP contribution in [-0.2, 0) is 0 Å². The van der Waals surface area contributed by atoms with Crippen LogP contribution in [0.25, 0.3) is 0 Å². The lowest BCUT2D eigenvalue weighted by Gasteiger charge is -2.43. The van der Waals surface area contributed by atoms with Crippen molar-refractivity contribution >= 4 is 23.3 Å². The van der Waals surface area contributed by atoms with Gasteiger partial charge in [0.05, 0.1) is 24.0 Å². The number of rotatable bonds is 2. The van der Waals surface area contributed by atoms with Crippen LogP contribution in [0.1, 0.15) is 24.8 Å². The smallest absolute Gasteiger partial charge is 0.329 e. The van der Waals surface area contributed by atoms with Crippen LogP contribution in [0.2, 0.25) is 0 Å². The molecule has 0 aromatic heterocycles. The molecule has 4 rings (SSSR count). The molecule has 0 spiro atoms. The van der Waals surface area contributed by atoms with Crippen molar-refractivity contribution in [3.8, 4) is 0 Å². The number of hydrogen-bond acceptors (Lipinski definition) is 3. The number of para-hydroxylation sites is 1. The Morgan fingerprint density at radius 1 is 1.30 bits per heavy atom. The fraction of sp³-hybridized carbons (Fsp3) is 0.450. The van der Waals surface area contributed by atoms with E-state index in [4.69, 9.17) is 11.6 Å². The summed E-state index contributed by atoms with van der Waals surface area (Å²) in [4.78, 5) is 16.9. The quantitative estimate of drug-likeness (QED) is 0.760. The first-order chi connectivity index (χ1) is 13.1. The predicted molar refractivity (Wildman–Crippen MR) is 105 cm³/mol. The fourth-order valence-corrected chi connectivity index (χ4v) is 4.31. The third kappa shape index (κ3) is 3.44. The highest BCUT2D eigenvalue weighted by Crippen LogP contribution is 2.34. The van der Waals surface area contributed by atoms with E-state index >= 15 is 0 Å². The van der Waals surface area contributed by atoms with Crippen LogP contribution in [0.15, 0.2) is 40.7 Å². The van der Waals surface area contributed by atoms with Crippen molar-refractivity contribution in [1.82, 2.24) is 15.5 Å². The summed E-state index contributed by atoms with van der Waals surface area (Å²) in [6, 6.07) is 4.76. The minimum absolute atomic E-state index is 0.0266. The zero-order chi connectivity index (χ0) is 19.0. The molecule has 7 heteroatoms. The molecule has 1 aromatic rings. The second-order valence-electron chi connectivity index (χ2n) is 7.33. The fourth-order valence-electron chi connectivity index (χ4n) is 4.14. The third-order valence-electron chi connectivity index (χ3n) is 5.49. The van der Waals surface area contributed by atoms with Gasteiger partial charge in [0, 0.05) is 13.1 Å². The van der Waals surface area contributed by atoms with Crippen molar-refractivity contribution in [3.63, 3.8) is 0 Å².